The lowest BCUT2D eigenvalue weighted by atomic mass is 9.86. The van der Waals surface area contributed by atoms with Gasteiger partial charge in [-0.2, -0.15) is 0 Å². The molecule has 4 rings (SSSR count). The molecule has 142 valence electrons. The second kappa shape index (κ2) is 7.58. The van der Waals surface area contributed by atoms with Crippen molar-refractivity contribution in [2.45, 2.75) is 11.9 Å². The van der Waals surface area contributed by atoms with Crippen LogP contribution >= 0.6 is 0 Å². The first-order valence-electron chi connectivity index (χ1n) is 9.32. The fourth-order valence-corrected chi connectivity index (χ4v) is 3.47. The summed E-state index contributed by atoms with van der Waals surface area (Å²) in [6, 6.07) is 26.8. The quantitative estimate of drug-likeness (QED) is 0.614. The van der Waals surface area contributed by atoms with Crippen molar-refractivity contribution in [1.29, 1.82) is 0 Å². The third-order valence-corrected chi connectivity index (χ3v) is 5.07. The van der Waals surface area contributed by atoms with Gasteiger partial charge in [0.1, 0.15) is 0 Å². The number of benzene rings is 3. The molecule has 0 spiro atoms. The molecule has 28 heavy (non-hydrogen) atoms. The second-order valence-corrected chi connectivity index (χ2v) is 7.13. The molecule has 2 unspecified atom stereocenters. The van der Waals surface area contributed by atoms with Crippen LogP contribution in [0.2, 0.25) is 0 Å². The lowest BCUT2D eigenvalue weighted by Gasteiger charge is -2.26. The molecule has 0 bridgehead atoms. The van der Waals surface area contributed by atoms with Crippen molar-refractivity contribution in [2.24, 2.45) is 0 Å². The maximum atomic E-state index is 13.5. The summed E-state index contributed by atoms with van der Waals surface area (Å²) in [5.74, 6) is -0.0910. The number of carbonyl (C=O) groups excluding carboxylic acids is 1. The molecule has 0 aromatic heterocycles. The van der Waals surface area contributed by atoms with Crippen molar-refractivity contribution in [3.8, 4) is 0 Å². The zero-order chi connectivity index (χ0) is 19.6. The van der Waals surface area contributed by atoms with Crippen LogP contribution in [0.15, 0.2) is 84.9 Å². The number of Topliss-reactive ketones (excluding diaryl/α,β-unsaturated/α-hetero) is 1. The number of anilines is 1. The summed E-state index contributed by atoms with van der Waals surface area (Å²) >= 11 is 0. The van der Waals surface area contributed by atoms with Gasteiger partial charge in [0, 0.05) is 30.9 Å². The van der Waals surface area contributed by atoms with Crippen LogP contribution in [0.4, 0.5) is 5.69 Å². The molecule has 0 N–H and O–H groups in total. The number of hydrogen-bond donors (Lipinski definition) is 0. The Hall–Kier alpha value is -2.95. The summed E-state index contributed by atoms with van der Waals surface area (Å²) in [5, 5.41) is 0. The van der Waals surface area contributed by atoms with Crippen LogP contribution in [-0.4, -0.2) is 26.5 Å². The first kappa shape index (κ1) is 18.4. The summed E-state index contributed by atoms with van der Waals surface area (Å²) < 4.78 is 12.3. The van der Waals surface area contributed by atoms with E-state index in [9.17, 15) is 4.79 Å². The van der Waals surface area contributed by atoms with Crippen molar-refractivity contribution in [3.05, 3.63) is 102 Å². The third-order valence-electron chi connectivity index (χ3n) is 5.07. The van der Waals surface area contributed by atoms with Gasteiger partial charge in [0.25, 0.3) is 0 Å². The summed E-state index contributed by atoms with van der Waals surface area (Å²) in [4.78, 5) is 15.5. The van der Waals surface area contributed by atoms with E-state index >= 15 is 0 Å². The minimum Gasteiger partial charge on any atom is -0.378 e. The monoisotopic (exact) mass is 373 g/mol. The fourth-order valence-electron chi connectivity index (χ4n) is 3.47. The number of ketones is 1. The molecule has 3 aromatic carbocycles. The Labute approximate surface area is 165 Å². The van der Waals surface area contributed by atoms with E-state index in [2.05, 4.69) is 0 Å². The smallest absolute Gasteiger partial charge is 0.201 e. The molecule has 1 fully saturated rings. The molecule has 1 heterocycles. The Morgan fingerprint density at radius 2 is 1.50 bits per heavy atom. The highest BCUT2D eigenvalue weighted by molar-refractivity contribution is 6.03. The largest absolute Gasteiger partial charge is 0.378 e. The van der Waals surface area contributed by atoms with Gasteiger partial charge in [-0.25, -0.2) is 0 Å². The zero-order valence-corrected chi connectivity index (χ0v) is 16.0. The predicted octanol–water partition coefficient (Wildman–Crippen LogP) is 4.58. The van der Waals surface area contributed by atoms with Crippen molar-refractivity contribution in [2.75, 3.05) is 25.6 Å². The van der Waals surface area contributed by atoms with Crippen LogP contribution in [-0.2, 0) is 15.1 Å². The van der Waals surface area contributed by atoms with E-state index in [1.165, 1.54) is 0 Å². The van der Waals surface area contributed by atoms with Gasteiger partial charge >= 0.3 is 0 Å². The van der Waals surface area contributed by atoms with Gasteiger partial charge < -0.3 is 14.4 Å². The molecule has 1 saturated heterocycles. The van der Waals surface area contributed by atoms with Crippen molar-refractivity contribution < 1.29 is 14.3 Å². The molecule has 0 saturated carbocycles. The van der Waals surface area contributed by atoms with E-state index in [1.54, 1.807) is 0 Å². The van der Waals surface area contributed by atoms with Crippen LogP contribution in [0.25, 0.3) is 0 Å². The molecule has 4 heteroatoms. The first-order valence-corrected chi connectivity index (χ1v) is 9.32. The molecular weight excluding hydrogens is 350 g/mol. The van der Waals surface area contributed by atoms with E-state index in [4.69, 9.17) is 9.47 Å². The first-order chi connectivity index (χ1) is 13.6. The van der Waals surface area contributed by atoms with Gasteiger partial charge in [0.15, 0.2) is 11.9 Å². The average Bonchev–Trinajstić information content (AvgIpc) is 3.21. The highest BCUT2D eigenvalue weighted by Gasteiger charge is 2.49. The van der Waals surface area contributed by atoms with Gasteiger partial charge in [-0.05, 0) is 17.7 Å². The van der Waals surface area contributed by atoms with Crippen LogP contribution in [0.1, 0.15) is 27.8 Å². The summed E-state index contributed by atoms with van der Waals surface area (Å²) in [6.45, 7) is 0.171. The number of nitrogens with zero attached hydrogens (tertiary/aromatic N) is 1. The van der Waals surface area contributed by atoms with Gasteiger partial charge in [0.05, 0.1) is 6.61 Å². The topological polar surface area (TPSA) is 38.8 Å². The maximum Gasteiger partial charge on any atom is 0.201 e. The van der Waals surface area contributed by atoms with Crippen LogP contribution in [0.3, 0.4) is 0 Å². The standard InChI is InChI=1S/C24H23NO3/c1-25(2)21-15-13-19(14-16-21)23-27-17-24(28-23,20-11-7-4-8-12-20)22(26)18-9-5-3-6-10-18/h3-16,23H,17H2,1-2H3. The van der Waals surface area contributed by atoms with E-state index < -0.39 is 11.9 Å². The zero-order valence-electron chi connectivity index (χ0n) is 16.0. The summed E-state index contributed by atoms with van der Waals surface area (Å²) in [6.07, 6.45) is -0.593. The molecular formula is C24H23NO3. The number of ether oxygens (including phenoxy) is 2. The third kappa shape index (κ3) is 3.33. The molecule has 1 aliphatic rings. The fraction of sp³-hybridized carbons (Fsp3) is 0.208. The Morgan fingerprint density at radius 3 is 2.11 bits per heavy atom. The molecule has 2 atom stereocenters. The lowest BCUT2D eigenvalue weighted by molar-refractivity contribution is -0.0828. The Bertz CT molecular complexity index is 939. The van der Waals surface area contributed by atoms with E-state index in [-0.39, 0.29) is 12.4 Å². The Balaban J connectivity index is 1.69. The SMILES string of the molecule is CN(C)c1ccc(C2OCC(C(=O)c3ccccc3)(c3ccccc3)O2)cc1. The van der Waals surface area contributed by atoms with E-state index in [0.29, 0.717) is 5.56 Å². The van der Waals surface area contributed by atoms with Gasteiger partial charge in [-0.1, -0.05) is 72.8 Å². The van der Waals surface area contributed by atoms with Crippen molar-refractivity contribution in [1.82, 2.24) is 0 Å². The van der Waals surface area contributed by atoms with E-state index in [1.807, 2.05) is 104 Å². The van der Waals surface area contributed by atoms with Crippen molar-refractivity contribution >= 4 is 11.5 Å². The molecule has 0 amide bonds. The minimum atomic E-state index is -1.16. The minimum absolute atomic E-state index is 0.0910. The number of hydrogen-bond acceptors (Lipinski definition) is 4. The van der Waals surface area contributed by atoms with Crippen LogP contribution < -0.4 is 4.90 Å². The molecule has 0 radical (unpaired) electrons. The molecule has 4 nitrogen and oxygen atoms in total. The van der Waals surface area contributed by atoms with Gasteiger partial charge in [-0.3, -0.25) is 4.79 Å². The highest BCUT2D eigenvalue weighted by Crippen LogP contribution is 2.42. The number of carbonyl (C=O) groups is 1. The molecule has 3 aromatic rings. The highest BCUT2D eigenvalue weighted by atomic mass is 16.7. The Morgan fingerprint density at radius 1 is 0.893 bits per heavy atom. The van der Waals surface area contributed by atoms with Gasteiger partial charge in [0.2, 0.25) is 5.78 Å². The number of rotatable bonds is 5. The normalized spacial score (nSPS) is 21.4. The van der Waals surface area contributed by atoms with Crippen LogP contribution in [0, 0.1) is 0 Å². The van der Waals surface area contributed by atoms with Crippen molar-refractivity contribution in [3.63, 3.8) is 0 Å². The molecule has 0 aliphatic carbocycles. The molecule has 1 aliphatic heterocycles. The lowest BCUT2D eigenvalue weighted by Crippen LogP contribution is -2.38. The summed E-state index contributed by atoms with van der Waals surface area (Å²) in [7, 11) is 3.99. The van der Waals surface area contributed by atoms with E-state index in [0.717, 1.165) is 16.8 Å². The summed E-state index contributed by atoms with van der Waals surface area (Å²) in [5.41, 5.74) is 2.24. The van der Waals surface area contributed by atoms with Crippen LogP contribution in [0.5, 0.6) is 0 Å². The Kier molecular flexibility index (Phi) is 4.99. The second-order valence-electron chi connectivity index (χ2n) is 7.13. The van der Waals surface area contributed by atoms with Gasteiger partial charge in [-0.15, -0.1) is 0 Å². The average molecular weight is 373 g/mol. The predicted molar refractivity (Wildman–Crippen MR) is 109 cm³/mol. The maximum absolute atomic E-state index is 13.5.